The average molecular weight is 451 g/mol. The van der Waals surface area contributed by atoms with Crippen LogP contribution in [0, 0.1) is 28.6 Å². The maximum Gasteiger partial charge on any atom is 0.253 e. The molecule has 0 radical (unpaired) electrons. The van der Waals surface area contributed by atoms with Gasteiger partial charge in [-0.1, -0.05) is 34.1 Å². The van der Waals surface area contributed by atoms with E-state index in [-0.39, 0.29) is 57.8 Å². The van der Waals surface area contributed by atoms with Crippen LogP contribution in [0.25, 0.3) is 0 Å². The van der Waals surface area contributed by atoms with E-state index in [4.69, 9.17) is 0 Å². The molecule has 0 bridgehead atoms. The van der Waals surface area contributed by atoms with Gasteiger partial charge in [0.2, 0.25) is 0 Å². The lowest BCUT2D eigenvalue weighted by molar-refractivity contribution is -0.0902. The van der Waals surface area contributed by atoms with Crippen molar-refractivity contribution in [2.75, 3.05) is 0 Å². The van der Waals surface area contributed by atoms with Gasteiger partial charge in [0.15, 0.2) is 5.78 Å². The molecule has 0 spiro atoms. The zero-order valence-corrected chi connectivity index (χ0v) is 19.8. The molecule has 3 N–H and O–H groups in total. The Morgan fingerprint density at radius 2 is 1.76 bits per heavy atom. The van der Waals surface area contributed by atoms with Crippen LogP contribution in [-0.2, 0) is 0 Å². The lowest BCUT2D eigenvalue weighted by Gasteiger charge is -2.60. The van der Waals surface area contributed by atoms with Crippen LogP contribution >= 0.6 is 0 Å². The molecule has 1 amide bonds. The number of benzene rings is 1. The van der Waals surface area contributed by atoms with Gasteiger partial charge in [0.1, 0.15) is 11.5 Å². The summed E-state index contributed by atoms with van der Waals surface area (Å²) >= 11 is 0. The molecule has 2 aliphatic rings. The molecule has 1 aromatic carbocycles. The Kier molecular flexibility index (Phi) is 5.97. The third-order valence-electron chi connectivity index (χ3n) is 8.35. The fraction of sp³-hybridized carbons (Fsp3) is 0.519. The number of aromatic nitrogens is 1. The van der Waals surface area contributed by atoms with Gasteiger partial charge >= 0.3 is 0 Å². The number of aromatic hydroxyl groups is 2. The second-order valence-corrected chi connectivity index (χ2v) is 10.9. The Bertz CT molecular complexity index is 1030. The molecule has 0 saturated heterocycles. The first-order valence-corrected chi connectivity index (χ1v) is 11.8. The van der Waals surface area contributed by atoms with Crippen LogP contribution in [-0.4, -0.2) is 32.9 Å². The quantitative estimate of drug-likeness (QED) is 0.572. The van der Waals surface area contributed by atoms with E-state index in [1.165, 1.54) is 18.2 Å². The Morgan fingerprint density at radius 1 is 1.06 bits per heavy atom. The summed E-state index contributed by atoms with van der Waals surface area (Å²) in [6, 6.07) is 7.39. The highest BCUT2D eigenvalue weighted by Crippen LogP contribution is 2.61. The summed E-state index contributed by atoms with van der Waals surface area (Å²) in [5.74, 6) is -0.747. The van der Waals surface area contributed by atoms with Crippen molar-refractivity contribution in [1.82, 2.24) is 10.3 Å². The predicted octanol–water partition coefficient (Wildman–Crippen LogP) is 4.96. The topological polar surface area (TPSA) is 99.5 Å². The largest absolute Gasteiger partial charge is 0.508 e. The maximum absolute atomic E-state index is 13.9. The number of hydrogen-bond donors (Lipinski definition) is 3. The minimum Gasteiger partial charge on any atom is -0.508 e. The molecule has 0 unspecified atom stereocenters. The number of nitrogens with zero attached hydrogens (tertiary/aromatic N) is 1. The molecule has 1 aromatic heterocycles. The van der Waals surface area contributed by atoms with Gasteiger partial charge in [-0.2, -0.15) is 0 Å². The summed E-state index contributed by atoms with van der Waals surface area (Å²) in [6.45, 7) is 8.81. The van der Waals surface area contributed by atoms with Crippen molar-refractivity contribution in [2.45, 2.75) is 59.4 Å². The second-order valence-electron chi connectivity index (χ2n) is 10.9. The summed E-state index contributed by atoms with van der Waals surface area (Å²) in [6.07, 6.45) is 7.07. The first kappa shape index (κ1) is 23.3. The Hall–Kier alpha value is -2.89. The molecular weight excluding hydrogens is 416 g/mol. The number of pyridine rings is 1. The average Bonchev–Trinajstić information content (AvgIpc) is 2.74. The summed E-state index contributed by atoms with van der Waals surface area (Å²) in [4.78, 5) is 31.0. The molecule has 0 aliphatic heterocycles. The van der Waals surface area contributed by atoms with Crippen molar-refractivity contribution in [2.24, 2.45) is 28.6 Å². The van der Waals surface area contributed by atoms with Gasteiger partial charge in [0, 0.05) is 36.0 Å². The van der Waals surface area contributed by atoms with E-state index in [1.54, 1.807) is 24.5 Å². The van der Waals surface area contributed by atoms with Gasteiger partial charge in [-0.25, -0.2) is 0 Å². The standard InChI is InChI=1S/C27H34N2O4/c1-16-21(29-25(33)17-7-5-10-28-15-17)14-22-26(2,3)8-6-9-27(22,4)23(16)24(32)18-11-19(30)13-20(31)12-18/h5,7,10-13,15-16,21-23,30-31H,6,8-9,14H2,1-4H3,(H,29,33)/t16-,21+,22-,23+,27-/m0/s1. The second kappa shape index (κ2) is 8.47. The SMILES string of the molecule is C[C@H]1[C@H](NC(=O)c2cccnc2)C[C@H]2C(C)(C)CCC[C@]2(C)[C@H]1C(=O)c1cc(O)cc(O)c1. The minimum atomic E-state index is -0.351. The molecule has 1 heterocycles. The van der Waals surface area contributed by atoms with Crippen molar-refractivity contribution >= 4 is 11.7 Å². The van der Waals surface area contributed by atoms with Crippen molar-refractivity contribution in [3.63, 3.8) is 0 Å². The smallest absolute Gasteiger partial charge is 0.253 e. The molecule has 6 nitrogen and oxygen atoms in total. The number of nitrogens with one attached hydrogen (secondary N) is 1. The number of hydrogen-bond acceptors (Lipinski definition) is 5. The maximum atomic E-state index is 13.9. The third-order valence-corrected chi connectivity index (χ3v) is 8.35. The summed E-state index contributed by atoms with van der Waals surface area (Å²) in [5.41, 5.74) is 0.604. The molecule has 176 valence electrons. The van der Waals surface area contributed by atoms with E-state index in [2.05, 4.69) is 31.1 Å². The summed E-state index contributed by atoms with van der Waals surface area (Å²) in [7, 11) is 0. The fourth-order valence-electron chi connectivity index (χ4n) is 6.82. The van der Waals surface area contributed by atoms with E-state index in [1.807, 2.05) is 6.92 Å². The van der Waals surface area contributed by atoms with Crippen molar-refractivity contribution in [3.05, 3.63) is 53.9 Å². The normalized spacial score (nSPS) is 30.8. The molecule has 2 fully saturated rings. The molecule has 2 aromatic rings. The lowest BCUT2D eigenvalue weighted by atomic mass is 9.45. The molecule has 2 aliphatic carbocycles. The first-order chi connectivity index (χ1) is 15.5. The van der Waals surface area contributed by atoms with Crippen molar-refractivity contribution in [1.29, 1.82) is 0 Å². The van der Waals surface area contributed by atoms with Gasteiger partial charge in [-0.05, 0) is 66.2 Å². The van der Waals surface area contributed by atoms with Gasteiger partial charge in [0.05, 0.1) is 5.56 Å². The minimum absolute atomic E-state index is 0.0317. The van der Waals surface area contributed by atoms with Gasteiger partial charge in [-0.3, -0.25) is 14.6 Å². The van der Waals surface area contributed by atoms with Crippen LogP contribution in [0.1, 0.15) is 74.1 Å². The van der Waals surface area contributed by atoms with Gasteiger partial charge < -0.3 is 15.5 Å². The van der Waals surface area contributed by atoms with E-state index in [0.717, 1.165) is 25.7 Å². The van der Waals surface area contributed by atoms with E-state index >= 15 is 0 Å². The first-order valence-electron chi connectivity index (χ1n) is 11.8. The number of phenolic OH excluding ortho intramolecular Hbond substituents is 2. The highest BCUT2D eigenvalue weighted by Gasteiger charge is 2.58. The molecule has 2 saturated carbocycles. The highest BCUT2D eigenvalue weighted by atomic mass is 16.3. The highest BCUT2D eigenvalue weighted by molar-refractivity contribution is 5.99. The molecular formula is C27H34N2O4. The predicted molar refractivity (Wildman–Crippen MR) is 126 cm³/mol. The summed E-state index contributed by atoms with van der Waals surface area (Å²) in [5, 5.41) is 23.2. The zero-order chi connectivity index (χ0) is 24.0. The number of carbonyl (C=O) groups is 2. The number of rotatable bonds is 4. The van der Waals surface area contributed by atoms with Gasteiger partial charge in [0.25, 0.3) is 5.91 Å². The number of fused-ring (bicyclic) bond motifs is 1. The Morgan fingerprint density at radius 3 is 2.39 bits per heavy atom. The summed E-state index contributed by atoms with van der Waals surface area (Å²) < 4.78 is 0. The monoisotopic (exact) mass is 450 g/mol. The van der Waals surface area contributed by atoms with Crippen molar-refractivity contribution in [3.8, 4) is 11.5 Å². The van der Waals surface area contributed by atoms with Crippen LogP contribution in [0.2, 0.25) is 0 Å². The Labute approximate surface area is 195 Å². The number of amides is 1. The van der Waals surface area contributed by atoms with Crippen molar-refractivity contribution < 1.29 is 19.8 Å². The zero-order valence-electron chi connectivity index (χ0n) is 19.8. The van der Waals surface area contributed by atoms with Crippen LogP contribution in [0.3, 0.4) is 0 Å². The van der Waals surface area contributed by atoms with Crippen LogP contribution < -0.4 is 5.32 Å². The van der Waals surface area contributed by atoms with Crippen LogP contribution in [0.5, 0.6) is 11.5 Å². The van der Waals surface area contributed by atoms with E-state index in [0.29, 0.717) is 11.1 Å². The lowest BCUT2D eigenvalue weighted by Crippen LogP contribution is -2.60. The fourth-order valence-corrected chi connectivity index (χ4v) is 6.82. The number of ketones is 1. The molecule has 6 heteroatoms. The number of carbonyl (C=O) groups excluding carboxylic acids is 2. The molecule has 33 heavy (non-hydrogen) atoms. The third kappa shape index (κ3) is 4.23. The number of Topliss-reactive ketones (excluding diaryl/α,β-unsaturated/α-hetero) is 1. The van der Waals surface area contributed by atoms with Gasteiger partial charge in [-0.15, -0.1) is 0 Å². The number of phenols is 2. The van der Waals surface area contributed by atoms with E-state index in [9.17, 15) is 19.8 Å². The van der Waals surface area contributed by atoms with E-state index < -0.39 is 0 Å². The molecule has 4 rings (SSSR count). The molecule has 5 atom stereocenters. The van der Waals surface area contributed by atoms with Crippen LogP contribution in [0.4, 0.5) is 0 Å². The van der Waals surface area contributed by atoms with Crippen LogP contribution in [0.15, 0.2) is 42.7 Å². The Balaban J connectivity index is 1.73.